The van der Waals surface area contributed by atoms with Crippen molar-refractivity contribution < 1.29 is 18.7 Å². The van der Waals surface area contributed by atoms with Gasteiger partial charge in [0.05, 0.1) is 13.2 Å². The van der Waals surface area contributed by atoms with Crippen molar-refractivity contribution in [1.29, 1.82) is 0 Å². The Bertz CT molecular complexity index is 581. The Hall–Kier alpha value is -1.62. The maximum atomic E-state index is 13.1. The maximum Gasteiger partial charge on any atom is 0.223 e. The number of amides is 1. The molecular weight excluding hydrogens is 369 g/mol. The molecule has 5 heteroatoms. The molecule has 0 aromatic rings. The highest BCUT2D eigenvalue weighted by Crippen LogP contribution is 2.39. The second kappa shape index (κ2) is 12.2. The number of hydrogen-bond acceptors (Lipinski definition) is 3. The van der Waals surface area contributed by atoms with E-state index in [-0.39, 0.29) is 24.3 Å². The van der Waals surface area contributed by atoms with Crippen molar-refractivity contribution in [1.82, 2.24) is 5.32 Å². The molecule has 0 bridgehead atoms. The Morgan fingerprint density at radius 2 is 1.76 bits per heavy atom. The lowest BCUT2D eigenvalue weighted by atomic mass is 9.70. The van der Waals surface area contributed by atoms with Crippen LogP contribution in [0.2, 0.25) is 0 Å². The standard InChI is InChI=1S/C24H40FNO3/c1-17(2)19(4)22(16-18(3)25)29-15-14-28-13-12-26-23(27)20-8-10-21(11-9-20)24(5,6)7/h16-17,20-21H,3-4,8-15H2,1-2,5-7H3,(H,26,27)/b22-16+. The lowest BCUT2D eigenvalue weighted by molar-refractivity contribution is -0.126. The molecule has 29 heavy (non-hydrogen) atoms. The molecule has 0 saturated heterocycles. The van der Waals surface area contributed by atoms with Crippen molar-refractivity contribution in [2.75, 3.05) is 26.4 Å². The van der Waals surface area contributed by atoms with Gasteiger partial charge in [-0.25, -0.2) is 4.39 Å². The summed E-state index contributed by atoms with van der Waals surface area (Å²) in [5, 5.41) is 2.97. The van der Waals surface area contributed by atoms with Gasteiger partial charge in [0.1, 0.15) is 18.2 Å². The first-order chi connectivity index (χ1) is 13.5. The van der Waals surface area contributed by atoms with Crippen LogP contribution in [0.25, 0.3) is 0 Å². The highest BCUT2D eigenvalue weighted by molar-refractivity contribution is 5.78. The Morgan fingerprint density at radius 3 is 2.28 bits per heavy atom. The summed E-state index contributed by atoms with van der Waals surface area (Å²) in [5.41, 5.74) is 1.04. The highest BCUT2D eigenvalue weighted by Gasteiger charge is 2.32. The number of nitrogens with one attached hydrogen (secondary N) is 1. The van der Waals surface area contributed by atoms with Crippen molar-refractivity contribution in [3.05, 3.63) is 36.4 Å². The van der Waals surface area contributed by atoms with Crippen LogP contribution in [-0.4, -0.2) is 32.3 Å². The summed E-state index contributed by atoms with van der Waals surface area (Å²) in [5.74, 6) is 0.945. The lowest BCUT2D eigenvalue weighted by Gasteiger charge is -2.36. The summed E-state index contributed by atoms with van der Waals surface area (Å²) in [6, 6.07) is 0. The molecular formula is C24H40FNO3. The van der Waals surface area contributed by atoms with Gasteiger partial charge in [0.2, 0.25) is 5.91 Å². The first kappa shape index (κ1) is 25.4. The largest absolute Gasteiger partial charge is 0.491 e. The van der Waals surface area contributed by atoms with E-state index >= 15 is 0 Å². The third-order valence-electron chi connectivity index (χ3n) is 5.65. The summed E-state index contributed by atoms with van der Waals surface area (Å²) >= 11 is 0. The van der Waals surface area contributed by atoms with Crippen LogP contribution < -0.4 is 5.32 Å². The van der Waals surface area contributed by atoms with E-state index in [0.29, 0.717) is 36.9 Å². The van der Waals surface area contributed by atoms with E-state index in [9.17, 15) is 9.18 Å². The Kier molecular flexibility index (Phi) is 10.7. The summed E-state index contributed by atoms with van der Waals surface area (Å²) in [4.78, 5) is 12.3. The normalized spacial score (nSPS) is 20.4. The second-order valence-corrected chi connectivity index (χ2v) is 9.30. The highest BCUT2D eigenvalue weighted by atomic mass is 19.1. The van der Waals surface area contributed by atoms with Gasteiger partial charge in [0.15, 0.2) is 0 Å². The quantitative estimate of drug-likeness (QED) is 0.276. The molecule has 1 amide bonds. The topological polar surface area (TPSA) is 47.6 Å². The zero-order valence-electron chi connectivity index (χ0n) is 19.0. The maximum absolute atomic E-state index is 13.1. The molecule has 0 aliphatic heterocycles. The molecule has 0 atom stereocenters. The number of carbonyl (C=O) groups is 1. The van der Waals surface area contributed by atoms with E-state index in [1.54, 1.807) is 0 Å². The zero-order chi connectivity index (χ0) is 22.0. The number of carbonyl (C=O) groups excluding carboxylic acids is 1. The average molecular weight is 410 g/mol. The molecule has 0 heterocycles. The number of rotatable bonds is 11. The fraction of sp³-hybridized carbons (Fsp3) is 0.708. The zero-order valence-corrected chi connectivity index (χ0v) is 19.0. The number of hydrogen-bond donors (Lipinski definition) is 1. The second-order valence-electron chi connectivity index (χ2n) is 9.30. The average Bonchev–Trinajstić information content (AvgIpc) is 2.64. The van der Waals surface area contributed by atoms with Crippen molar-refractivity contribution in [3.63, 3.8) is 0 Å². The molecule has 1 aliphatic rings. The molecule has 1 fully saturated rings. The fourth-order valence-electron chi connectivity index (χ4n) is 3.58. The molecule has 0 spiro atoms. The van der Waals surface area contributed by atoms with Crippen LogP contribution in [0, 0.1) is 23.2 Å². The lowest BCUT2D eigenvalue weighted by Crippen LogP contribution is -2.36. The van der Waals surface area contributed by atoms with Gasteiger partial charge < -0.3 is 14.8 Å². The predicted octanol–water partition coefficient (Wildman–Crippen LogP) is 5.57. The molecule has 1 aliphatic carbocycles. The van der Waals surface area contributed by atoms with E-state index in [4.69, 9.17) is 9.47 Å². The van der Waals surface area contributed by atoms with Crippen molar-refractivity contribution in [3.8, 4) is 0 Å². The van der Waals surface area contributed by atoms with Crippen LogP contribution >= 0.6 is 0 Å². The smallest absolute Gasteiger partial charge is 0.223 e. The fourth-order valence-corrected chi connectivity index (χ4v) is 3.58. The van der Waals surface area contributed by atoms with Crippen LogP contribution in [0.4, 0.5) is 4.39 Å². The first-order valence-corrected chi connectivity index (χ1v) is 10.8. The SMILES string of the molecule is C=C(F)/C=C(/OCCOCCNC(=O)C1CCC(C(C)(C)C)CC1)C(=C)C(C)C. The van der Waals surface area contributed by atoms with E-state index in [1.165, 1.54) is 6.08 Å². The van der Waals surface area contributed by atoms with Gasteiger partial charge in [0, 0.05) is 18.5 Å². The third-order valence-corrected chi connectivity index (χ3v) is 5.65. The molecule has 1 saturated carbocycles. The summed E-state index contributed by atoms with van der Waals surface area (Å²) in [6.45, 7) is 19.5. The van der Waals surface area contributed by atoms with Gasteiger partial charge in [-0.2, -0.15) is 0 Å². The minimum atomic E-state index is -0.568. The molecule has 0 aromatic heterocycles. The van der Waals surface area contributed by atoms with Crippen LogP contribution in [0.3, 0.4) is 0 Å². The minimum absolute atomic E-state index is 0.125. The van der Waals surface area contributed by atoms with E-state index in [1.807, 2.05) is 13.8 Å². The molecule has 1 N–H and O–H groups in total. The molecule has 4 nitrogen and oxygen atoms in total. The summed E-state index contributed by atoms with van der Waals surface area (Å²) in [7, 11) is 0. The summed E-state index contributed by atoms with van der Waals surface area (Å²) < 4.78 is 24.2. The van der Waals surface area contributed by atoms with Gasteiger partial charge in [-0.1, -0.05) is 47.8 Å². The first-order valence-electron chi connectivity index (χ1n) is 10.8. The third kappa shape index (κ3) is 9.62. The van der Waals surface area contributed by atoms with Gasteiger partial charge in [-0.3, -0.25) is 4.79 Å². The van der Waals surface area contributed by atoms with Gasteiger partial charge in [0.25, 0.3) is 0 Å². The number of halogens is 1. The molecule has 1 rings (SSSR count). The van der Waals surface area contributed by atoms with Crippen LogP contribution in [0.15, 0.2) is 36.4 Å². The van der Waals surface area contributed by atoms with Gasteiger partial charge in [-0.05, 0) is 48.5 Å². The number of allylic oxidation sites excluding steroid dienone is 3. The van der Waals surface area contributed by atoms with Gasteiger partial charge >= 0.3 is 0 Å². The Labute approximate surface area is 176 Å². The molecule has 0 aromatic carbocycles. The van der Waals surface area contributed by atoms with E-state index in [0.717, 1.165) is 31.3 Å². The van der Waals surface area contributed by atoms with Crippen LogP contribution in [0.5, 0.6) is 0 Å². The molecule has 0 unspecified atom stereocenters. The van der Waals surface area contributed by atoms with Crippen molar-refractivity contribution in [2.45, 2.75) is 60.3 Å². The minimum Gasteiger partial charge on any atom is -0.491 e. The van der Waals surface area contributed by atoms with E-state index < -0.39 is 5.83 Å². The number of ether oxygens (including phenoxy) is 2. The predicted molar refractivity (Wildman–Crippen MR) is 117 cm³/mol. The Morgan fingerprint density at radius 1 is 1.14 bits per heavy atom. The molecule has 166 valence electrons. The molecule has 0 radical (unpaired) electrons. The van der Waals surface area contributed by atoms with Crippen LogP contribution in [-0.2, 0) is 14.3 Å². The van der Waals surface area contributed by atoms with Gasteiger partial charge in [-0.15, -0.1) is 0 Å². The summed E-state index contributed by atoms with van der Waals surface area (Å²) in [6.07, 6.45) is 5.43. The van der Waals surface area contributed by atoms with Crippen LogP contribution in [0.1, 0.15) is 60.3 Å². The van der Waals surface area contributed by atoms with E-state index in [2.05, 4.69) is 39.2 Å². The van der Waals surface area contributed by atoms with Crippen molar-refractivity contribution in [2.24, 2.45) is 23.2 Å². The monoisotopic (exact) mass is 409 g/mol. The Balaban J connectivity index is 2.20. The van der Waals surface area contributed by atoms with Crippen molar-refractivity contribution >= 4 is 5.91 Å².